The van der Waals surface area contributed by atoms with E-state index >= 15 is 0 Å². The van der Waals surface area contributed by atoms with Crippen molar-refractivity contribution >= 4 is 5.91 Å². The summed E-state index contributed by atoms with van der Waals surface area (Å²) < 4.78 is 0. The summed E-state index contributed by atoms with van der Waals surface area (Å²) in [7, 11) is 0. The summed E-state index contributed by atoms with van der Waals surface area (Å²) >= 11 is 0. The summed E-state index contributed by atoms with van der Waals surface area (Å²) in [4.78, 5) is 15.2. The average Bonchev–Trinajstić information content (AvgIpc) is 3.20. The molecule has 2 rings (SSSR count). The molecule has 104 valence electrons. The molecule has 3 heteroatoms. The molecule has 2 aliphatic rings. The maximum atomic E-state index is 13.0. The molecule has 0 spiro atoms. The Morgan fingerprint density at radius 1 is 1.33 bits per heavy atom. The molecule has 1 saturated carbocycles. The van der Waals surface area contributed by atoms with Crippen molar-refractivity contribution in [2.45, 2.75) is 58.9 Å². The third kappa shape index (κ3) is 2.87. The molecule has 0 unspecified atom stereocenters. The molecule has 1 amide bonds. The fourth-order valence-corrected chi connectivity index (χ4v) is 3.11. The molecule has 0 aromatic rings. The second-order valence-electron chi connectivity index (χ2n) is 6.47. The molecule has 1 heterocycles. The Balaban J connectivity index is 2.09. The summed E-state index contributed by atoms with van der Waals surface area (Å²) in [5.74, 6) is 1.02. The van der Waals surface area contributed by atoms with Crippen LogP contribution in [-0.2, 0) is 4.79 Å². The van der Waals surface area contributed by atoms with Gasteiger partial charge in [-0.05, 0) is 51.1 Å². The van der Waals surface area contributed by atoms with E-state index in [4.69, 9.17) is 0 Å². The molecular formula is C15H28N2O. The first kappa shape index (κ1) is 13.9. The van der Waals surface area contributed by atoms with Crippen LogP contribution in [-0.4, -0.2) is 36.5 Å². The summed E-state index contributed by atoms with van der Waals surface area (Å²) in [6.45, 7) is 9.55. The zero-order chi connectivity index (χ0) is 13.2. The van der Waals surface area contributed by atoms with Crippen molar-refractivity contribution < 1.29 is 4.79 Å². The zero-order valence-electron chi connectivity index (χ0n) is 12.2. The highest BCUT2D eigenvalue weighted by molar-refractivity contribution is 5.83. The van der Waals surface area contributed by atoms with Gasteiger partial charge in [0.15, 0.2) is 0 Å². The van der Waals surface area contributed by atoms with Gasteiger partial charge >= 0.3 is 0 Å². The van der Waals surface area contributed by atoms with E-state index in [-0.39, 0.29) is 5.41 Å². The quantitative estimate of drug-likeness (QED) is 0.815. The molecule has 1 N–H and O–H groups in total. The Morgan fingerprint density at radius 2 is 1.94 bits per heavy atom. The van der Waals surface area contributed by atoms with Crippen LogP contribution in [0.4, 0.5) is 0 Å². The second kappa shape index (κ2) is 5.60. The number of amides is 1. The van der Waals surface area contributed by atoms with Gasteiger partial charge in [-0.25, -0.2) is 0 Å². The molecule has 0 aromatic carbocycles. The van der Waals surface area contributed by atoms with Crippen LogP contribution in [0.1, 0.15) is 52.9 Å². The molecule has 18 heavy (non-hydrogen) atoms. The Morgan fingerprint density at radius 3 is 2.39 bits per heavy atom. The van der Waals surface area contributed by atoms with Crippen molar-refractivity contribution in [2.75, 3.05) is 19.6 Å². The first-order valence-electron chi connectivity index (χ1n) is 7.61. The lowest BCUT2D eigenvalue weighted by Gasteiger charge is -2.40. The Kier molecular flexibility index (Phi) is 4.31. The van der Waals surface area contributed by atoms with Crippen LogP contribution in [0.5, 0.6) is 0 Å². The average molecular weight is 252 g/mol. The van der Waals surface area contributed by atoms with E-state index < -0.39 is 0 Å². The third-order valence-corrected chi connectivity index (χ3v) is 4.50. The van der Waals surface area contributed by atoms with E-state index in [2.05, 4.69) is 31.0 Å². The minimum Gasteiger partial charge on any atom is -0.339 e. The number of carbonyl (C=O) groups is 1. The van der Waals surface area contributed by atoms with Gasteiger partial charge < -0.3 is 10.2 Å². The fraction of sp³-hybridized carbons (Fsp3) is 0.933. The van der Waals surface area contributed by atoms with Crippen molar-refractivity contribution in [3.8, 4) is 0 Å². The summed E-state index contributed by atoms with van der Waals surface area (Å²) in [5, 5.41) is 3.38. The van der Waals surface area contributed by atoms with E-state index in [1.165, 1.54) is 12.8 Å². The van der Waals surface area contributed by atoms with Gasteiger partial charge in [0.2, 0.25) is 5.91 Å². The summed E-state index contributed by atoms with van der Waals surface area (Å²) in [5.41, 5.74) is -0.0667. The Labute approximate surface area is 111 Å². The lowest BCUT2D eigenvalue weighted by molar-refractivity contribution is -0.145. The molecular weight excluding hydrogens is 224 g/mol. The summed E-state index contributed by atoms with van der Waals surface area (Å²) in [6, 6.07) is 0.554. The van der Waals surface area contributed by atoms with Crippen LogP contribution < -0.4 is 5.32 Å². The predicted molar refractivity (Wildman–Crippen MR) is 74.4 cm³/mol. The van der Waals surface area contributed by atoms with Crippen LogP contribution in [0.2, 0.25) is 0 Å². The van der Waals surface area contributed by atoms with Crippen LogP contribution in [0.15, 0.2) is 0 Å². The van der Waals surface area contributed by atoms with Crippen molar-refractivity contribution in [1.82, 2.24) is 10.2 Å². The Hall–Kier alpha value is -0.570. The first-order chi connectivity index (χ1) is 8.59. The third-order valence-electron chi connectivity index (χ3n) is 4.50. The first-order valence-corrected chi connectivity index (χ1v) is 7.61. The normalized spacial score (nSPS) is 23.1. The van der Waals surface area contributed by atoms with E-state index in [0.717, 1.165) is 38.9 Å². The molecule has 0 radical (unpaired) electrons. The second-order valence-corrected chi connectivity index (χ2v) is 6.47. The minimum absolute atomic E-state index is 0.0667. The highest BCUT2D eigenvalue weighted by Gasteiger charge is 2.44. The van der Waals surface area contributed by atoms with Crippen molar-refractivity contribution in [2.24, 2.45) is 11.3 Å². The molecule has 3 nitrogen and oxygen atoms in total. The summed E-state index contributed by atoms with van der Waals surface area (Å²) in [6.07, 6.45) is 5.47. The monoisotopic (exact) mass is 252 g/mol. The van der Waals surface area contributed by atoms with Gasteiger partial charge in [-0.1, -0.05) is 20.8 Å². The number of rotatable bonds is 5. The van der Waals surface area contributed by atoms with Gasteiger partial charge in [0.25, 0.3) is 0 Å². The fourth-order valence-electron chi connectivity index (χ4n) is 3.11. The molecule has 0 aromatic heterocycles. The number of nitrogens with zero attached hydrogens (tertiary/aromatic N) is 1. The van der Waals surface area contributed by atoms with Crippen LogP contribution in [0.3, 0.4) is 0 Å². The van der Waals surface area contributed by atoms with Crippen LogP contribution in [0.25, 0.3) is 0 Å². The van der Waals surface area contributed by atoms with Crippen LogP contribution >= 0.6 is 0 Å². The van der Waals surface area contributed by atoms with Crippen LogP contribution in [0, 0.1) is 11.3 Å². The van der Waals surface area contributed by atoms with Gasteiger partial charge in [0.1, 0.15) is 0 Å². The smallest absolute Gasteiger partial charge is 0.229 e. The predicted octanol–water partition coefficient (Wildman–Crippen LogP) is 2.41. The topological polar surface area (TPSA) is 32.3 Å². The Bertz CT molecular complexity index is 291. The zero-order valence-corrected chi connectivity index (χ0v) is 12.2. The van der Waals surface area contributed by atoms with Crippen molar-refractivity contribution in [3.05, 3.63) is 0 Å². The van der Waals surface area contributed by atoms with E-state index in [9.17, 15) is 4.79 Å². The van der Waals surface area contributed by atoms with Gasteiger partial charge in [-0.15, -0.1) is 0 Å². The van der Waals surface area contributed by atoms with Gasteiger partial charge in [0.05, 0.1) is 5.41 Å². The molecule has 1 saturated heterocycles. The number of piperidine rings is 1. The van der Waals surface area contributed by atoms with Gasteiger partial charge in [-0.3, -0.25) is 4.79 Å². The maximum absolute atomic E-state index is 13.0. The van der Waals surface area contributed by atoms with Gasteiger partial charge in [0, 0.05) is 12.6 Å². The molecule has 0 atom stereocenters. The van der Waals surface area contributed by atoms with Gasteiger partial charge in [-0.2, -0.15) is 0 Å². The van der Waals surface area contributed by atoms with Crippen molar-refractivity contribution in [1.29, 1.82) is 0 Å². The SMILES string of the molecule is CCC1(C(=O)N(CC(C)C)C2CC2)CCNCC1. The van der Waals surface area contributed by atoms with E-state index in [1.807, 2.05) is 0 Å². The largest absolute Gasteiger partial charge is 0.339 e. The number of hydrogen-bond donors (Lipinski definition) is 1. The number of hydrogen-bond acceptors (Lipinski definition) is 2. The minimum atomic E-state index is -0.0667. The highest BCUT2D eigenvalue weighted by Crippen LogP contribution is 2.38. The number of carbonyl (C=O) groups excluding carboxylic acids is 1. The lowest BCUT2D eigenvalue weighted by Crippen LogP contribution is -2.50. The standard InChI is InChI=1S/C15H28N2O/c1-4-15(7-9-16-10-8-15)14(18)17(11-12(2)3)13-5-6-13/h12-13,16H,4-11H2,1-3H3. The molecule has 1 aliphatic heterocycles. The maximum Gasteiger partial charge on any atom is 0.229 e. The number of nitrogens with one attached hydrogen (secondary N) is 1. The molecule has 2 fully saturated rings. The van der Waals surface area contributed by atoms with E-state index in [1.54, 1.807) is 0 Å². The highest BCUT2D eigenvalue weighted by atomic mass is 16.2. The lowest BCUT2D eigenvalue weighted by atomic mass is 9.75. The molecule has 0 bridgehead atoms. The van der Waals surface area contributed by atoms with Crippen molar-refractivity contribution in [3.63, 3.8) is 0 Å². The van der Waals surface area contributed by atoms with E-state index in [0.29, 0.717) is 17.9 Å². The molecule has 1 aliphatic carbocycles.